The molecule has 76 valence electrons. The highest BCUT2D eigenvalue weighted by Gasteiger charge is 2.19. The second-order valence-corrected chi connectivity index (χ2v) is 3.94. The van der Waals surface area contributed by atoms with E-state index in [0.29, 0.717) is 0 Å². The van der Waals surface area contributed by atoms with Crippen LogP contribution in [0.1, 0.15) is 11.1 Å². The fourth-order valence-electron chi connectivity index (χ4n) is 2.52. The highest BCUT2D eigenvalue weighted by atomic mass is 14.2. The molecule has 0 unspecified atom stereocenters. The zero-order valence-electron chi connectivity index (χ0n) is 9.03. The number of hydrogen-bond donors (Lipinski definition) is 0. The lowest BCUT2D eigenvalue weighted by Crippen LogP contribution is -1.79. The van der Waals surface area contributed by atoms with Crippen LogP contribution in [0.5, 0.6) is 0 Å². The van der Waals surface area contributed by atoms with E-state index in [-0.39, 0.29) is 0 Å². The van der Waals surface area contributed by atoms with Crippen LogP contribution in [0.15, 0.2) is 61.7 Å². The molecule has 0 heterocycles. The molecule has 0 atom stereocenters. The van der Waals surface area contributed by atoms with E-state index >= 15 is 0 Å². The van der Waals surface area contributed by atoms with E-state index < -0.39 is 0 Å². The average Bonchev–Trinajstić information content (AvgIpc) is 2.65. The molecule has 0 spiro atoms. The van der Waals surface area contributed by atoms with Crippen molar-refractivity contribution in [3.8, 4) is 0 Å². The minimum atomic E-state index is 1.20. The largest absolute Gasteiger partial charge is 0.0984 e. The number of allylic oxidation sites excluding steroid dienone is 4. The number of hydrogen-bond acceptors (Lipinski definition) is 0. The summed E-state index contributed by atoms with van der Waals surface area (Å²) in [6, 6.07) is 12.8. The topological polar surface area (TPSA) is 0 Å². The lowest BCUT2D eigenvalue weighted by Gasteiger charge is -2.01. The third kappa shape index (κ3) is 0.989. The summed E-state index contributed by atoms with van der Waals surface area (Å²) in [7, 11) is 0. The Morgan fingerprint density at radius 3 is 1.69 bits per heavy atom. The van der Waals surface area contributed by atoms with E-state index in [4.69, 9.17) is 0 Å². The van der Waals surface area contributed by atoms with E-state index in [1.54, 1.807) is 0 Å². The van der Waals surface area contributed by atoms with Crippen molar-refractivity contribution < 1.29 is 0 Å². The van der Waals surface area contributed by atoms with Crippen LogP contribution in [0, 0.1) is 0 Å². The summed E-state index contributed by atoms with van der Waals surface area (Å²) in [5.41, 5.74) is 4.94. The molecule has 0 nitrogen and oxygen atoms in total. The normalized spacial score (nSPS) is 13.2. The predicted octanol–water partition coefficient (Wildman–Crippen LogP) is 4.44. The lowest BCUT2D eigenvalue weighted by atomic mass is 10.0. The first-order valence-electron chi connectivity index (χ1n) is 5.38. The maximum atomic E-state index is 3.91. The van der Waals surface area contributed by atoms with E-state index in [0.717, 1.165) is 0 Å². The van der Waals surface area contributed by atoms with Gasteiger partial charge >= 0.3 is 0 Å². The average molecular weight is 204 g/mol. The Morgan fingerprint density at radius 1 is 0.750 bits per heavy atom. The van der Waals surface area contributed by atoms with Crippen molar-refractivity contribution in [2.75, 3.05) is 0 Å². The number of benzene rings is 2. The Hall–Kier alpha value is -2.08. The van der Waals surface area contributed by atoms with Crippen LogP contribution in [0.25, 0.3) is 21.9 Å². The minimum Gasteiger partial charge on any atom is -0.0984 e. The molecule has 0 heteroatoms. The second kappa shape index (κ2) is 3.21. The first-order chi connectivity index (χ1) is 7.86. The van der Waals surface area contributed by atoms with Gasteiger partial charge in [0, 0.05) is 0 Å². The van der Waals surface area contributed by atoms with Crippen LogP contribution in [-0.4, -0.2) is 0 Å². The Morgan fingerprint density at radius 2 is 1.25 bits per heavy atom. The van der Waals surface area contributed by atoms with Crippen molar-refractivity contribution in [1.29, 1.82) is 0 Å². The Bertz CT molecular complexity index is 589. The monoisotopic (exact) mass is 204 g/mol. The molecule has 0 aromatic heterocycles. The van der Waals surface area contributed by atoms with Gasteiger partial charge in [-0.3, -0.25) is 0 Å². The Balaban J connectivity index is 2.54. The summed E-state index contributed by atoms with van der Waals surface area (Å²) in [5, 5.41) is 2.61. The van der Waals surface area contributed by atoms with Gasteiger partial charge in [-0.05, 0) is 33.0 Å². The van der Waals surface area contributed by atoms with Gasteiger partial charge in [0.15, 0.2) is 0 Å². The van der Waals surface area contributed by atoms with Crippen LogP contribution in [0.3, 0.4) is 0 Å². The first-order valence-corrected chi connectivity index (χ1v) is 5.38. The fraction of sp³-hybridized carbons (Fsp3) is 0. The standard InChI is InChI=1S/C16H12/c1-3-12-13(4-2)15-10-6-8-11-7-5-9-14(12)16(11)15/h3-10H,1-2H2. The molecule has 0 bridgehead atoms. The molecule has 3 rings (SSSR count). The third-order valence-electron chi connectivity index (χ3n) is 3.18. The Kier molecular flexibility index (Phi) is 1.84. The predicted molar refractivity (Wildman–Crippen MR) is 71.2 cm³/mol. The van der Waals surface area contributed by atoms with E-state index in [1.807, 2.05) is 12.2 Å². The van der Waals surface area contributed by atoms with Crippen LogP contribution in [-0.2, 0) is 0 Å². The van der Waals surface area contributed by atoms with E-state index in [1.165, 1.54) is 33.0 Å². The first kappa shape index (κ1) is 9.17. The van der Waals surface area contributed by atoms with Gasteiger partial charge in [-0.15, -0.1) is 0 Å². The minimum absolute atomic E-state index is 1.20. The molecule has 0 N–H and O–H groups in total. The molecule has 2 aromatic carbocycles. The third-order valence-corrected chi connectivity index (χ3v) is 3.18. The quantitative estimate of drug-likeness (QED) is 0.678. The summed E-state index contributed by atoms with van der Waals surface area (Å²) < 4.78 is 0. The molecule has 0 fully saturated rings. The maximum Gasteiger partial charge on any atom is -0.00264 e. The molecule has 1 aliphatic carbocycles. The maximum absolute atomic E-state index is 3.91. The highest BCUT2D eigenvalue weighted by molar-refractivity contribution is 6.17. The van der Waals surface area contributed by atoms with Gasteiger partial charge in [-0.25, -0.2) is 0 Å². The SMILES string of the molecule is C=CC1=C(C=C)c2cccc3cccc1c23. The summed E-state index contributed by atoms with van der Waals surface area (Å²) in [5.74, 6) is 0. The van der Waals surface area contributed by atoms with Crippen molar-refractivity contribution in [2.24, 2.45) is 0 Å². The van der Waals surface area contributed by atoms with Crippen molar-refractivity contribution in [1.82, 2.24) is 0 Å². The van der Waals surface area contributed by atoms with Gasteiger partial charge in [-0.1, -0.05) is 61.7 Å². The molecular weight excluding hydrogens is 192 g/mol. The van der Waals surface area contributed by atoms with Crippen LogP contribution in [0.4, 0.5) is 0 Å². The van der Waals surface area contributed by atoms with Gasteiger partial charge < -0.3 is 0 Å². The summed E-state index contributed by atoms with van der Waals surface area (Å²) in [4.78, 5) is 0. The zero-order valence-corrected chi connectivity index (χ0v) is 9.03. The van der Waals surface area contributed by atoms with Gasteiger partial charge in [0.2, 0.25) is 0 Å². The molecule has 2 aromatic rings. The smallest absolute Gasteiger partial charge is 0.00264 e. The van der Waals surface area contributed by atoms with Gasteiger partial charge in [0.25, 0.3) is 0 Å². The summed E-state index contributed by atoms with van der Waals surface area (Å²) in [6.07, 6.45) is 3.84. The van der Waals surface area contributed by atoms with E-state index in [2.05, 4.69) is 49.6 Å². The summed E-state index contributed by atoms with van der Waals surface area (Å²) in [6.45, 7) is 7.81. The van der Waals surface area contributed by atoms with Crippen LogP contribution in [0.2, 0.25) is 0 Å². The van der Waals surface area contributed by atoms with Gasteiger partial charge in [0.05, 0.1) is 0 Å². The molecule has 16 heavy (non-hydrogen) atoms. The van der Waals surface area contributed by atoms with Crippen molar-refractivity contribution >= 4 is 21.9 Å². The molecule has 0 aliphatic heterocycles. The fourth-order valence-corrected chi connectivity index (χ4v) is 2.52. The van der Waals surface area contributed by atoms with E-state index in [9.17, 15) is 0 Å². The lowest BCUT2D eigenvalue weighted by molar-refractivity contribution is 1.70. The highest BCUT2D eigenvalue weighted by Crippen LogP contribution is 2.42. The van der Waals surface area contributed by atoms with Crippen molar-refractivity contribution in [3.05, 3.63) is 72.8 Å². The molecule has 0 saturated heterocycles. The second-order valence-electron chi connectivity index (χ2n) is 3.94. The molecule has 1 aliphatic rings. The van der Waals surface area contributed by atoms with Crippen molar-refractivity contribution in [3.63, 3.8) is 0 Å². The zero-order chi connectivity index (χ0) is 11.1. The Labute approximate surface area is 95.2 Å². The molecular formula is C16H12. The van der Waals surface area contributed by atoms with Gasteiger partial charge in [-0.2, -0.15) is 0 Å². The number of rotatable bonds is 2. The van der Waals surface area contributed by atoms with Crippen molar-refractivity contribution in [2.45, 2.75) is 0 Å². The summed E-state index contributed by atoms with van der Waals surface area (Å²) >= 11 is 0. The molecule has 0 saturated carbocycles. The molecule has 0 radical (unpaired) electrons. The van der Waals surface area contributed by atoms with Crippen LogP contribution < -0.4 is 0 Å². The van der Waals surface area contributed by atoms with Crippen LogP contribution >= 0.6 is 0 Å². The molecule has 0 amide bonds. The van der Waals surface area contributed by atoms with Gasteiger partial charge in [0.1, 0.15) is 0 Å².